The lowest BCUT2D eigenvalue weighted by Crippen LogP contribution is -2.11. The molecule has 1 atom stereocenters. The van der Waals surface area contributed by atoms with Crippen LogP contribution in [0.3, 0.4) is 0 Å². The molecule has 0 amide bonds. The average Bonchev–Trinajstić information content (AvgIpc) is 3.17. The number of halogens is 2. The van der Waals surface area contributed by atoms with E-state index in [0.29, 0.717) is 17.0 Å². The van der Waals surface area contributed by atoms with Gasteiger partial charge in [0.1, 0.15) is 11.6 Å². The molecule has 154 valence electrons. The number of fused-ring (bicyclic) bond motifs is 2. The van der Waals surface area contributed by atoms with Gasteiger partial charge in [-0.3, -0.25) is 4.98 Å². The van der Waals surface area contributed by atoms with E-state index in [-0.39, 0.29) is 16.5 Å². The van der Waals surface area contributed by atoms with Crippen LogP contribution < -0.4 is 0 Å². The van der Waals surface area contributed by atoms with E-state index < -0.39 is 17.7 Å². The minimum Gasteiger partial charge on any atom is -0.306 e. The minimum atomic E-state index is -0.683. The molecule has 0 bridgehead atoms. The molecule has 2 aromatic carbocycles. The third-order valence-corrected chi connectivity index (χ3v) is 5.69. The number of hydrogen-bond acceptors (Lipinski definition) is 4. The Morgan fingerprint density at radius 3 is 2.52 bits per heavy atom. The van der Waals surface area contributed by atoms with Gasteiger partial charge in [0.2, 0.25) is 0 Å². The van der Waals surface area contributed by atoms with Crippen LogP contribution in [0, 0.1) is 25.5 Å². The standard InChI is InChI=1S/C24H19F2N5/c1-13-6-4-7-14(2)20(13)19-11-28-23-24(30-19)31(12-29-23)15(3)21-17(25)10-18-16(22(21)26)8-5-9-27-18/h4-12,15H,1-3H3. The second-order valence-corrected chi connectivity index (χ2v) is 7.65. The first kappa shape index (κ1) is 19.2. The minimum absolute atomic E-state index is 0.0564. The fourth-order valence-corrected chi connectivity index (χ4v) is 4.12. The third kappa shape index (κ3) is 3.04. The van der Waals surface area contributed by atoms with Gasteiger partial charge in [-0.25, -0.2) is 23.7 Å². The van der Waals surface area contributed by atoms with Crippen molar-refractivity contribution in [3.05, 3.63) is 83.4 Å². The highest BCUT2D eigenvalue weighted by Gasteiger charge is 2.23. The first-order valence-corrected chi connectivity index (χ1v) is 9.94. The van der Waals surface area contributed by atoms with Gasteiger partial charge in [0.25, 0.3) is 0 Å². The molecule has 3 heterocycles. The molecular formula is C24H19F2N5. The predicted molar refractivity (Wildman–Crippen MR) is 116 cm³/mol. The summed E-state index contributed by atoms with van der Waals surface area (Å²) in [6.07, 6.45) is 4.72. The lowest BCUT2D eigenvalue weighted by atomic mass is 10.0. The smallest absolute Gasteiger partial charge is 0.197 e. The molecular weight excluding hydrogens is 396 g/mol. The molecule has 0 radical (unpaired) electrons. The highest BCUT2D eigenvalue weighted by molar-refractivity contribution is 5.80. The number of hydrogen-bond donors (Lipinski definition) is 0. The van der Waals surface area contributed by atoms with Crippen molar-refractivity contribution >= 4 is 22.2 Å². The molecule has 0 saturated carbocycles. The second-order valence-electron chi connectivity index (χ2n) is 7.65. The van der Waals surface area contributed by atoms with Crippen molar-refractivity contribution in [2.45, 2.75) is 26.8 Å². The lowest BCUT2D eigenvalue weighted by molar-refractivity contribution is 0.517. The molecule has 0 aliphatic rings. The molecule has 0 saturated heterocycles. The Balaban J connectivity index is 1.69. The zero-order valence-electron chi connectivity index (χ0n) is 17.3. The summed E-state index contributed by atoms with van der Waals surface area (Å²) in [6.45, 7) is 5.75. The summed E-state index contributed by atoms with van der Waals surface area (Å²) in [4.78, 5) is 17.6. The monoisotopic (exact) mass is 415 g/mol. The largest absolute Gasteiger partial charge is 0.306 e. The summed E-state index contributed by atoms with van der Waals surface area (Å²) in [5, 5.41) is 0.275. The van der Waals surface area contributed by atoms with Gasteiger partial charge in [-0.1, -0.05) is 18.2 Å². The van der Waals surface area contributed by atoms with Crippen LogP contribution in [-0.4, -0.2) is 24.5 Å². The van der Waals surface area contributed by atoms with Crippen molar-refractivity contribution in [1.29, 1.82) is 0 Å². The van der Waals surface area contributed by atoms with E-state index in [1.165, 1.54) is 18.6 Å². The van der Waals surface area contributed by atoms with Crippen LogP contribution in [0.25, 0.3) is 33.5 Å². The third-order valence-electron chi connectivity index (χ3n) is 5.69. The number of aryl methyl sites for hydroxylation is 2. The quantitative estimate of drug-likeness (QED) is 0.388. The Kier molecular flexibility index (Phi) is 4.46. The molecule has 5 aromatic rings. The summed E-state index contributed by atoms with van der Waals surface area (Å²) >= 11 is 0. The Bertz CT molecular complexity index is 1440. The van der Waals surface area contributed by atoms with E-state index in [4.69, 9.17) is 4.98 Å². The van der Waals surface area contributed by atoms with E-state index in [9.17, 15) is 4.39 Å². The van der Waals surface area contributed by atoms with Crippen molar-refractivity contribution in [1.82, 2.24) is 24.5 Å². The van der Waals surface area contributed by atoms with Crippen LogP contribution >= 0.6 is 0 Å². The normalized spacial score (nSPS) is 12.5. The molecule has 31 heavy (non-hydrogen) atoms. The van der Waals surface area contributed by atoms with Crippen molar-refractivity contribution in [3.63, 3.8) is 0 Å². The number of benzene rings is 2. The summed E-state index contributed by atoms with van der Waals surface area (Å²) in [5.74, 6) is -1.28. The highest BCUT2D eigenvalue weighted by Crippen LogP contribution is 2.32. The summed E-state index contributed by atoms with van der Waals surface area (Å²) in [5.41, 5.74) is 4.95. The van der Waals surface area contributed by atoms with E-state index >= 15 is 4.39 Å². The van der Waals surface area contributed by atoms with E-state index in [1.807, 2.05) is 32.0 Å². The number of aromatic nitrogens is 5. The molecule has 3 aromatic heterocycles. The molecule has 0 fully saturated rings. The van der Waals surface area contributed by atoms with E-state index in [2.05, 4.69) is 15.0 Å². The maximum atomic E-state index is 15.3. The van der Waals surface area contributed by atoms with Crippen molar-refractivity contribution in [2.75, 3.05) is 0 Å². The highest BCUT2D eigenvalue weighted by atomic mass is 19.1. The molecule has 7 heteroatoms. The van der Waals surface area contributed by atoms with Crippen LogP contribution in [0.2, 0.25) is 0 Å². The van der Waals surface area contributed by atoms with E-state index in [1.54, 1.807) is 29.8 Å². The van der Waals surface area contributed by atoms with Crippen LogP contribution in [0.15, 0.2) is 55.1 Å². The SMILES string of the molecule is Cc1cccc(C)c1-c1cnc2ncn(C(C)c3c(F)cc4ncccc4c3F)c2n1. The molecule has 0 N–H and O–H groups in total. The van der Waals surface area contributed by atoms with Gasteiger partial charge in [-0.05, 0) is 44.0 Å². The Morgan fingerprint density at radius 1 is 0.968 bits per heavy atom. The molecule has 0 aliphatic heterocycles. The van der Waals surface area contributed by atoms with Crippen LogP contribution in [0.1, 0.15) is 29.7 Å². The Labute approximate surface area is 177 Å². The van der Waals surface area contributed by atoms with Gasteiger partial charge in [0.05, 0.1) is 29.8 Å². The van der Waals surface area contributed by atoms with Gasteiger partial charge >= 0.3 is 0 Å². The first-order chi connectivity index (χ1) is 15.0. The average molecular weight is 415 g/mol. The fraction of sp³-hybridized carbons (Fsp3) is 0.167. The zero-order valence-corrected chi connectivity index (χ0v) is 17.3. The number of imidazole rings is 1. The summed E-state index contributed by atoms with van der Waals surface area (Å²) in [7, 11) is 0. The second kappa shape index (κ2) is 7.19. The van der Waals surface area contributed by atoms with Gasteiger partial charge in [0, 0.05) is 28.8 Å². The predicted octanol–water partition coefficient (Wildman–Crippen LogP) is 5.55. The number of nitrogens with zero attached hydrogens (tertiary/aromatic N) is 5. The van der Waals surface area contributed by atoms with Gasteiger partial charge in [-0.15, -0.1) is 0 Å². The molecule has 0 spiro atoms. The zero-order chi connectivity index (χ0) is 21.7. The Hall–Kier alpha value is -3.74. The molecule has 1 unspecified atom stereocenters. The molecule has 5 nitrogen and oxygen atoms in total. The van der Waals surface area contributed by atoms with Crippen molar-refractivity contribution in [2.24, 2.45) is 0 Å². The van der Waals surface area contributed by atoms with E-state index in [0.717, 1.165) is 16.7 Å². The van der Waals surface area contributed by atoms with Gasteiger partial charge < -0.3 is 4.57 Å². The van der Waals surface area contributed by atoms with Crippen molar-refractivity contribution < 1.29 is 8.78 Å². The van der Waals surface area contributed by atoms with Crippen LogP contribution in [0.4, 0.5) is 8.78 Å². The lowest BCUT2D eigenvalue weighted by Gasteiger charge is -2.17. The molecule has 5 rings (SSSR count). The maximum absolute atomic E-state index is 15.3. The maximum Gasteiger partial charge on any atom is 0.197 e. The van der Waals surface area contributed by atoms with Crippen LogP contribution in [0.5, 0.6) is 0 Å². The Morgan fingerprint density at radius 2 is 1.74 bits per heavy atom. The first-order valence-electron chi connectivity index (χ1n) is 9.94. The number of pyridine rings is 1. The van der Waals surface area contributed by atoms with Gasteiger partial charge in [0.15, 0.2) is 11.3 Å². The number of rotatable bonds is 3. The molecule has 0 aliphatic carbocycles. The topological polar surface area (TPSA) is 56.5 Å². The van der Waals surface area contributed by atoms with Gasteiger partial charge in [-0.2, -0.15) is 0 Å². The fourth-order valence-electron chi connectivity index (χ4n) is 4.12. The summed E-state index contributed by atoms with van der Waals surface area (Å²) < 4.78 is 31.9. The summed E-state index contributed by atoms with van der Waals surface area (Å²) in [6, 6.07) is 9.83. The van der Waals surface area contributed by atoms with Crippen LogP contribution in [-0.2, 0) is 0 Å². The van der Waals surface area contributed by atoms with Crippen molar-refractivity contribution in [3.8, 4) is 11.3 Å².